The summed E-state index contributed by atoms with van der Waals surface area (Å²) in [4.78, 5) is 0. The molecular formula is C32H42O. The van der Waals surface area contributed by atoms with Gasteiger partial charge < -0.3 is 5.11 Å². The normalized spacial score (nSPS) is 31.2. The topological polar surface area (TPSA) is 20.2 Å². The van der Waals surface area contributed by atoms with E-state index in [-0.39, 0.29) is 0 Å². The second-order valence-electron chi connectivity index (χ2n) is 12.2. The highest BCUT2D eigenvalue weighted by Gasteiger charge is 2.47. The van der Waals surface area contributed by atoms with E-state index in [4.69, 9.17) is 0 Å². The van der Waals surface area contributed by atoms with E-state index < -0.39 is 0 Å². The van der Waals surface area contributed by atoms with E-state index in [0.29, 0.717) is 16.6 Å². The average Bonchev–Trinajstić information content (AvgIpc) is 3.20. The van der Waals surface area contributed by atoms with E-state index in [0.717, 1.165) is 30.6 Å². The molecule has 3 aliphatic carbocycles. The van der Waals surface area contributed by atoms with Crippen molar-refractivity contribution in [1.82, 2.24) is 0 Å². The Kier molecular flexibility index (Phi) is 6.43. The molecule has 2 aromatic carbocycles. The van der Waals surface area contributed by atoms with Crippen LogP contribution in [-0.2, 0) is 12.8 Å². The second kappa shape index (κ2) is 9.32. The predicted molar refractivity (Wildman–Crippen MR) is 138 cm³/mol. The van der Waals surface area contributed by atoms with Crippen LogP contribution in [0, 0.1) is 28.6 Å². The highest BCUT2D eigenvalue weighted by Crippen LogP contribution is 2.58. The van der Waals surface area contributed by atoms with E-state index >= 15 is 0 Å². The van der Waals surface area contributed by atoms with Gasteiger partial charge in [-0.3, -0.25) is 0 Å². The van der Waals surface area contributed by atoms with E-state index in [2.05, 4.69) is 62.4 Å². The van der Waals surface area contributed by atoms with Gasteiger partial charge in [0, 0.05) is 0 Å². The molecule has 0 bridgehead atoms. The van der Waals surface area contributed by atoms with Gasteiger partial charge in [0.15, 0.2) is 0 Å². The lowest BCUT2D eigenvalue weighted by atomic mass is 9.55. The van der Waals surface area contributed by atoms with Crippen LogP contribution in [0.25, 0.3) is 0 Å². The molecule has 5 rings (SSSR count). The lowest BCUT2D eigenvalue weighted by Gasteiger charge is -2.50. The van der Waals surface area contributed by atoms with Gasteiger partial charge >= 0.3 is 0 Å². The number of rotatable bonds is 5. The fourth-order valence-corrected chi connectivity index (χ4v) is 7.88. The largest absolute Gasteiger partial charge is 0.508 e. The van der Waals surface area contributed by atoms with Gasteiger partial charge in [0.2, 0.25) is 0 Å². The van der Waals surface area contributed by atoms with Gasteiger partial charge in [-0.1, -0.05) is 75.2 Å². The molecule has 2 fully saturated rings. The monoisotopic (exact) mass is 442 g/mol. The Labute approximate surface area is 201 Å². The van der Waals surface area contributed by atoms with Gasteiger partial charge in [0.1, 0.15) is 5.75 Å². The van der Waals surface area contributed by atoms with Gasteiger partial charge in [-0.2, -0.15) is 0 Å². The Bertz CT molecular complexity index is 967. The van der Waals surface area contributed by atoms with Crippen LogP contribution in [0.1, 0.15) is 88.3 Å². The van der Waals surface area contributed by atoms with Crippen molar-refractivity contribution >= 4 is 0 Å². The molecule has 4 atom stereocenters. The molecule has 33 heavy (non-hydrogen) atoms. The second-order valence-corrected chi connectivity index (χ2v) is 12.2. The number of hydrogen-bond donors (Lipinski definition) is 1. The summed E-state index contributed by atoms with van der Waals surface area (Å²) in [5.74, 6) is 2.77. The molecule has 2 aromatic rings. The van der Waals surface area contributed by atoms with E-state index in [1.807, 2.05) is 12.1 Å². The summed E-state index contributed by atoms with van der Waals surface area (Å²) >= 11 is 0. The van der Waals surface area contributed by atoms with E-state index in [1.165, 1.54) is 74.5 Å². The minimum absolute atomic E-state index is 0.364. The summed E-state index contributed by atoms with van der Waals surface area (Å²) in [7, 11) is 0. The molecule has 1 N–H and O–H groups in total. The standard InChI is InChI=1S/C32H42O/c1-24-9-8-12-31(2,21-24)29-18-28(22-32(23-29)13-6-7-14-32)17-27-16-26(19-30(33)20-27)15-25-10-4-3-5-11-25/h3-5,8,10-12,16,19-20,24,28-29,33H,6-7,9,13-15,17-18,21-23H2,1-2H3. The molecular weight excluding hydrogens is 400 g/mol. The maximum absolute atomic E-state index is 10.5. The average molecular weight is 443 g/mol. The van der Waals surface area contributed by atoms with Gasteiger partial charge in [-0.15, -0.1) is 0 Å². The maximum Gasteiger partial charge on any atom is 0.116 e. The van der Waals surface area contributed by atoms with Gasteiger partial charge in [0.05, 0.1) is 0 Å². The molecule has 0 amide bonds. The number of allylic oxidation sites excluding steroid dienone is 2. The first-order valence-corrected chi connectivity index (χ1v) is 13.4. The third kappa shape index (κ3) is 5.23. The molecule has 1 spiro atoms. The van der Waals surface area contributed by atoms with Crippen molar-refractivity contribution in [2.45, 2.75) is 84.5 Å². The summed E-state index contributed by atoms with van der Waals surface area (Å²) in [6.07, 6.45) is 19.6. The molecule has 1 nitrogen and oxygen atoms in total. The van der Waals surface area contributed by atoms with Gasteiger partial charge in [-0.05, 0) is 115 Å². The van der Waals surface area contributed by atoms with Crippen molar-refractivity contribution in [3.05, 3.63) is 77.4 Å². The molecule has 0 aromatic heterocycles. The predicted octanol–water partition coefficient (Wildman–Crippen LogP) is 8.49. The van der Waals surface area contributed by atoms with Crippen LogP contribution in [0.4, 0.5) is 0 Å². The summed E-state index contributed by atoms with van der Waals surface area (Å²) in [6.45, 7) is 5.00. The zero-order valence-electron chi connectivity index (χ0n) is 20.7. The van der Waals surface area contributed by atoms with Crippen LogP contribution in [0.2, 0.25) is 0 Å². The summed E-state index contributed by atoms with van der Waals surface area (Å²) in [6, 6.07) is 17.0. The Hall–Kier alpha value is -2.02. The van der Waals surface area contributed by atoms with Crippen molar-refractivity contribution < 1.29 is 5.11 Å². The minimum Gasteiger partial charge on any atom is -0.508 e. The number of phenols is 1. The SMILES string of the molecule is CC1CC=CC(C)(C2CC(Cc3cc(O)cc(Cc4ccccc4)c3)CC3(CCCC3)C2)C1. The molecule has 0 aliphatic heterocycles. The van der Waals surface area contributed by atoms with Crippen LogP contribution in [0.3, 0.4) is 0 Å². The van der Waals surface area contributed by atoms with Crippen LogP contribution < -0.4 is 0 Å². The molecule has 1 heteroatoms. The van der Waals surface area contributed by atoms with Gasteiger partial charge in [0.25, 0.3) is 0 Å². The van der Waals surface area contributed by atoms with Crippen LogP contribution in [-0.4, -0.2) is 5.11 Å². The number of aromatic hydroxyl groups is 1. The highest BCUT2D eigenvalue weighted by atomic mass is 16.3. The molecule has 0 heterocycles. The highest BCUT2D eigenvalue weighted by molar-refractivity contribution is 5.37. The molecule has 4 unspecified atom stereocenters. The Morgan fingerprint density at radius 3 is 2.42 bits per heavy atom. The summed E-state index contributed by atoms with van der Waals surface area (Å²) in [5.41, 5.74) is 4.81. The van der Waals surface area contributed by atoms with Crippen LogP contribution >= 0.6 is 0 Å². The quantitative estimate of drug-likeness (QED) is 0.460. The third-order valence-electron chi connectivity index (χ3n) is 9.25. The van der Waals surface area contributed by atoms with Crippen molar-refractivity contribution in [2.75, 3.05) is 0 Å². The van der Waals surface area contributed by atoms with Crippen LogP contribution in [0.5, 0.6) is 5.75 Å². The number of hydrogen-bond acceptors (Lipinski definition) is 1. The first-order chi connectivity index (χ1) is 15.9. The smallest absolute Gasteiger partial charge is 0.116 e. The molecule has 176 valence electrons. The van der Waals surface area contributed by atoms with Crippen molar-refractivity contribution in [2.24, 2.45) is 28.6 Å². The Balaban J connectivity index is 1.37. The molecule has 2 saturated carbocycles. The fraction of sp³-hybridized carbons (Fsp3) is 0.562. The lowest BCUT2D eigenvalue weighted by molar-refractivity contribution is 0.0309. The maximum atomic E-state index is 10.5. The van der Waals surface area contributed by atoms with Crippen LogP contribution in [0.15, 0.2) is 60.7 Å². The van der Waals surface area contributed by atoms with Gasteiger partial charge in [-0.25, -0.2) is 0 Å². The van der Waals surface area contributed by atoms with Crippen molar-refractivity contribution in [1.29, 1.82) is 0 Å². The molecule has 3 aliphatic rings. The number of benzene rings is 2. The van der Waals surface area contributed by atoms with Crippen molar-refractivity contribution in [3.63, 3.8) is 0 Å². The lowest BCUT2D eigenvalue weighted by Crippen LogP contribution is -2.40. The molecule has 0 saturated heterocycles. The summed E-state index contributed by atoms with van der Waals surface area (Å²) < 4.78 is 0. The first-order valence-electron chi connectivity index (χ1n) is 13.4. The Morgan fingerprint density at radius 2 is 1.67 bits per heavy atom. The zero-order valence-corrected chi connectivity index (χ0v) is 20.7. The fourth-order valence-electron chi connectivity index (χ4n) is 7.88. The third-order valence-corrected chi connectivity index (χ3v) is 9.25. The first kappa shape index (κ1) is 22.8. The zero-order chi connectivity index (χ0) is 22.9. The van der Waals surface area contributed by atoms with E-state index in [9.17, 15) is 5.11 Å². The summed E-state index contributed by atoms with van der Waals surface area (Å²) in [5, 5.41) is 10.5. The Morgan fingerprint density at radius 1 is 0.909 bits per heavy atom. The van der Waals surface area contributed by atoms with Crippen molar-refractivity contribution in [3.8, 4) is 5.75 Å². The van der Waals surface area contributed by atoms with E-state index in [1.54, 1.807) is 0 Å². The minimum atomic E-state index is 0.364. The molecule has 0 radical (unpaired) electrons. The number of phenolic OH excluding ortho intramolecular Hbond substituents is 1.